The lowest BCUT2D eigenvalue weighted by molar-refractivity contribution is 0.547. The summed E-state index contributed by atoms with van der Waals surface area (Å²) < 4.78 is 0. The van der Waals surface area contributed by atoms with Crippen molar-refractivity contribution >= 4 is 7.85 Å². The van der Waals surface area contributed by atoms with Gasteiger partial charge in [0.2, 0.25) is 0 Å². The maximum absolute atomic E-state index is 2.46. The first-order valence-corrected chi connectivity index (χ1v) is 7.89. The molecule has 0 spiro atoms. The molecular formula is C15H31B. The third kappa shape index (κ3) is 8.24. The third-order valence-corrected chi connectivity index (χ3v) is 4.14. The second kappa shape index (κ2) is 10.2. The van der Waals surface area contributed by atoms with E-state index < -0.39 is 0 Å². The van der Waals surface area contributed by atoms with Crippen LogP contribution in [0.2, 0.25) is 5.82 Å². The molecule has 0 nitrogen and oxygen atoms in total. The van der Waals surface area contributed by atoms with Crippen molar-refractivity contribution < 1.29 is 0 Å². The lowest BCUT2D eigenvalue weighted by atomic mass is 9.79. The molecule has 1 rings (SSSR count). The fourth-order valence-electron chi connectivity index (χ4n) is 2.90. The Morgan fingerprint density at radius 1 is 0.438 bits per heavy atom. The number of rotatable bonds is 0. The molecule has 0 bridgehead atoms. The Hall–Kier alpha value is 0.0649. The largest absolute Gasteiger partial charge is 0.105 e. The molecule has 0 saturated heterocycles. The van der Waals surface area contributed by atoms with Crippen LogP contribution in [0.15, 0.2) is 0 Å². The quantitative estimate of drug-likeness (QED) is 0.512. The minimum atomic E-state index is 0.991. The maximum Gasteiger partial charge on any atom is 0.105 e. The van der Waals surface area contributed by atoms with E-state index in [0.717, 1.165) is 5.82 Å². The fourth-order valence-corrected chi connectivity index (χ4v) is 2.90. The molecule has 1 fully saturated rings. The van der Waals surface area contributed by atoms with Crippen molar-refractivity contribution in [3.8, 4) is 0 Å². The SMILES string of the molecule is BC1CCCCCCCCCCCCCC1. The zero-order valence-electron chi connectivity index (χ0n) is 11.5. The van der Waals surface area contributed by atoms with Crippen molar-refractivity contribution in [3.05, 3.63) is 0 Å². The van der Waals surface area contributed by atoms with Crippen molar-refractivity contribution in [2.45, 2.75) is 95.7 Å². The second-order valence-electron chi connectivity index (χ2n) is 5.93. The van der Waals surface area contributed by atoms with E-state index in [2.05, 4.69) is 7.85 Å². The van der Waals surface area contributed by atoms with Crippen LogP contribution < -0.4 is 0 Å². The number of hydrogen-bond donors (Lipinski definition) is 0. The minimum absolute atomic E-state index is 0.991. The van der Waals surface area contributed by atoms with Gasteiger partial charge in [-0.05, 0) is 0 Å². The van der Waals surface area contributed by atoms with Crippen LogP contribution in [0.4, 0.5) is 0 Å². The molecule has 0 heterocycles. The molecule has 0 atom stereocenters. The van der Waals surface area contributed by atoms with Gasteiger partial charge in [-0.15, -0.1) is 0 Å². The molecule has 0 unspecified atom stereocenters. The van der Waals surface area contributed by atoms with Gasteiger partial charge in [-0.2, -0.15) is 0 Å². The third-order valence-electron chi connectivity index (χ3n) is 4.14. The normalized spacial score (nSPS) is 24.5. The monoisotopic (exact) mass is 222 g/mol. The van der Waals surface area contributed by atoms with E-state index in [-0.39, 0.29) is 0 Å². The van der Waals surface area contributed by atoms with Crippen molar-refractivity contribution in [2.75, 3.05) is 0 Å². The van der Waals surface area contributed by atoms with E-state index in [9.17, 15) is 0 Å². The highest BCUT2D eigenvalue weighted by molar-refractivity contribution is 6.11. The second-order valence-corrected chi connectivity index (χ2v) is 5.93. The van der Waals surface area contributed by atoms with Gasteiger partial charge in [-0.3, -0.25) is 0 Å². The van der Waals surface area contributed by atoms with Crippen LogP contribution in [0.5, 0.6) is 0 Å². The van der Waals surface area contributed by atoms with E-state index in [0.29, 0.717) is 0 Å². The first kappa shape index (κ1) is 14.1. The Morgan fingerprint density at radius 2 is 0.688 bits per heavy atom. The van der Waals surface area contributed by atoms with Gasteiger partial charge in [0, 0.05) is 0 Å². The van der Waals surface area contributed by atoms with E-state index in [1.807, 2.05) is 0 Å². The van der Waals surface area contributed by atoms with Gasteiger partial charge >= 0.3 is 0 Å². The summed E-state index contributed by atoms with van der Waals surface area (Å²) in [4.78, 5) is 0. The van der Waals surface area contributed by atoms with Gasteiger partial charge in [0.05, 0.1) is 0 Å². The van der Waals surface area contributed by atoms with Crippen LogP contribution in [-0.2, 0) is 0 Å². The first-order valence-electron chi connectivity index (χ1n) is 7.89. The van der Waals surface area contributed by atoms with Crippen molar-refractivity contribution in [1.82, 2.24) is 0 Å². The summed E-state index contributed by atoms with van der Waals surface area (Å²) in [5.41, 5.74) is 0. The molecule has 1 heteroatoms. The molecule has 0 aromatic rings. The highest BCUT2D eigenvalue weighted by atomic mass is 14.1. The van der Waals surface area contributed by atoms with Crippen molar-refractivity contribution in [1.29, 1.82) is 0 Å². The molecule has 1 aliphatic carbocycles. The topological polar surface area (TPSA) is 0 Å². The van der Waals surface area contributed by atoms with E-state index in [1.54, 1.807) is 0 Å². The van der Waals surface area contributed by atoms with Gasteiger partial charge in [-0.25, -0.2) is 0 Å². The predicted octanol–water partition coefficient (Wildman–Crippen LogP) is 4.88. The predicted molar refractivity (Wildman–Crippen MR) is 76.9 cm³/mol. The Labute approximate surface area is 104 Å². The average Bonchev–Trinajstić information content (AvgIpc) is 2.29. The zero-order valence-corrected chi connectivity index (χ0v) is 11.5. The van der Waals surface area contributed by atoms with E-state index >= 15 is 0 Å². The Balaban J connectivity index is 2.10. The molecule has 1 aliphatic rings. The summed E-state index contributed by atoms with van der Waals surface area (Å²) in [6, 6.07) is 0. The Morgan fingerprint density at radius 3 is 1.00 bits per heavy atom. The van der Waals surface area contributed by atoms with Crippen molar-refractivity contribution in [3.63, 3.8) is 0 Å². The first-order chi connectivity index (χ1) is 7.89. The van der Waals surface area contributed by atoms with Crippen LogP contribution >= 0.6 is 0 Å². The lowest BCUT2D eigenvalue weighted by Crippen LogP contribution is -1.93. The van der Waals surface area contributed by atoms with Crippen LogP contribution in [0, 0.1) is 0 Å². The molecule has 0 N–H and O–H groups in total. The maximum atomic E-state index is 2.46. The highest BCUT2D eigenvalue weighted by Crippen LogP contribution is 2.21. The van der Waals surface area contributed by atoms with Gasteiger partial charge < -0.3 is 0 Å². The Kier molecular flexibility index (Phi) is 9.04. The summed E-state index contributed by atoms with van der Waals surface area (Å²) in [6.07, 6.45) is 20.9. The molecule has 0 aromatic carbocycles. The van der Waals surface area contributed by atoms with E-state index in [4.69, 9.17) is 0 Å². The van der Waals surface area contributed by atoms with Gasteiger partial charge in [0.1, 0.15) is 7.85 Å². The number of hydrogen-bond acceptors (Lipinski definition) is 0. The molecule has 16 heavy (non-hydrogen) atoms. The van der Waals surface area contributed by atoms with E-state index in [1.165, 1.54) is 89.9 Å². The summed E-state index contributed by atoms with van der Waals surface area (Å²) in [5.74, 6) is 0.991. The highest BCUT2D eigenvalue weighted by Gasteiger charge is 2.02. The molecule has 0 radical (unpaired) electrons. The van der Waals surface area contributed by atoms with Gasteiger partial charge in [-0.1, -0.05) is 95.7 Å². The summed E-state index contributed by atoms with van der Waals surface area (Å²) in [6.45, 7) is 0. The average molecular weight is 222 g/mol. The molecule has 0 aliphatic heterocycles. The van der Waals surface area contributed by atoms with Crippen LogP contribution in [0.1, 0.15) is 89.9 Å². The lowest BCUT2D eigenvalue weighted by Gasteiger charge is -2.10. The van der Waals surface area contributed by atoms with Crippen LogP contribution in [-0.4, -0.2) is 7.85 Å². The summed E-state index contributed by atoms with van der Waals surface area (Å²) in [5, 5.41) is 0. The fraction of sp³-hybridized carbons (Fsp3) is 1.00. The van der Waals surface area contributed by atoms with Crippen LogP contribution in [0.25, 0.3) is 0 Å². The van der Waals surface area contributed by atoms with Gasteiger partial charge in [0.15, 0.2) is 0 Å². The Bertz CT molecular complexity index is 128. The molecule has 0 aromatic heterocycles. The zero-order chi connectivity index (χ0) is 11.5. The smallest absolute Gasteiger partial charge is 0.0697 e. The molecule has 0 amide bonds. The summed E-state index contributed by atoms with van der Waals surface area (Å²) >= 11 is 0. The van der Waals surface area contributed by atoms with Gasteiger partial charge in [0.25, 0.3) is 0 Å². The van der Waals surface area contributed by atoms with Crippen molar-refractivity contribution in [2.24, 2.45) is 0 Å². The standard InChI is InChI=1S/C15H31B/c16-15-13-11-9-7-5-3-1-2-4-6-8-10-12-14-15/h15H,1-14,16H2. The summed E-state index contributed by atoms with van der Waals surface area (Å²) in [7, 11) is 2.46. The van der Waals surface area contributed by atoms with Crippen LogP contribution in [0.3, 0.4) is 0 Å². The molecular weight excluding hydrogens is 191 g/mol. The molecule has 1 saturated carbocycles. The molecule has 94 valence electrons. The minimum Gasteiger partial charge on any atom is -0.0697 e.